The topological polar surface area (TPSA) is 74.5 Å². The molecule has 0 N–H and O–H groups in total. The zero-order valence-corrected chi connectivity index (χ0v) is 12.4. The fourth-order valence-electron chi connectivity index (χ4n) is 2.38. The van der Waals surface area contributed by atoms with Crippen LogP contribution < -0.4 is 0 Å². The highest BCUT2D eigenvalue weighted by Crippen LogP contribution is 2.28. The minimum Gasteiger partial charge on any atom is -0.346 e. The second-order valence-electron chi connectivity index (χ2n) is 5.61. The van der Waals surface area contributed by atoms with Gasteiger partial charge in [-0.3, -0.25) is 15.1 Å². The van der Waals surface area contributed by atoms with Crippen LogP contribution in [-0.4, -0.2) is 28.9 Å². The molecule has 0 amide bonds. The molecule has 0 spiro atoms. The molecule has 0 bridgehead atoms. The van der Waals surface area contributed by atoms with Crippen LogP contribution in [0.2, 0.25) is 0 Å². The highest BCUT2D eigenvalue weighted by molar-refractivity contribution is 5.95. The second-order valence-corrected chi connectivity index (χ2v) is 5.61. The highest BCUT2D eigenvalue weighted by atomic mass is 16.7. The number of non-ortho nitro benzene ring substituents is 1. The Morgan fingerprint density at radius 3 is 2.64 bits per heavy atom. The molecule has 1 saturated heterocycles. The first-order chi connectivity index (χ1) is 10.5. The van der Waals surface area contributed by atoms with Gasteiger partial charge in [-0.05, 0) is 31.6 Å². The van der Waals surface area contributed by atoms with Crippen molar-refractivity contribution in [1.29, 1.82) is 0 Å². The predicted molar refractivity (Wildman–Crippen MR) is 82.4 cm³/mol. The van der Waals surface area contributed by atoms with Gasteiger partial charge in [-0.2, -0.15) is 0 Å². The number of aromatic nitrogens is 1. The van der Waals surface area contributed by atoms with E-state index in [2.05, 4.69) is 4.98 Å². The molecule has 3 rings (SSSR count). The maximum Gasteiger partial charge on any atom is 0.277 e. The molecule has 1 aliphatic rings. The minimum atomic E-state index is -0.581. The van der Waals surface area contributed by atoms with Crippen LogP contribution in [0.3, 0.4) is 0 Å². The molecular weight excluding hydrogens is 284 g/mol. The molecule has 6 heteroatoms. The van der Waals surface area contributed by atoms with E-state index in [1.807, 2.05) is 26.0 Å². The second kappa shape index (κ2) is 5.47. The maximum absolute atomic E-state index is 11.1. The van der Waals surface area contributed by atoms with Gasteiger partial charge in [0.25, 0.3) is 5.69 Å². The molecule has 6 nitrogen and oxygen atoms in total. The largest absolute Gasteiger partial charge is 0.346 e. The predicted octanol–water partition coefficient (Wildman–Crippen LogP) is 3.31. The summed E-state index contributed by atoms with van der Waals surface area (Å²) < 4.78 is 11.2. The first-order valence-corrected chi connectivity index (χ1v) is 6.96. The zero-order valence-electron chi connectivity index (χ0n) is 12.4. The average Bonchev–Trinajstić information content (AvgIpc) is 2.49. The number of nitrogens with zero attached hydrogens (tertiary/aromatic N) is 2. The van der Waals surface area contributed by atoms with Gasteiger partial charge in [-0.15, -0.1) is 0 Å². The molecule has 1 aromatic carbocycles. The van der Waals surface area contributed by atoms with Crippen LogP contribution in [0.15, 0.2) is 36.0 Å². The molecular formula is C16H16N2O4. The lowest BCUT2D eigenvalue weighted by Crippen LogP contribution is -2.35. The fraction of sp³-hybridized carbons (Fsp3) is 0.312. The summed E-state index contributed by atoms with van der Waals surface area (Å²) in [6, 6.07) is 6.65. The monoisotopic (exact) mass is 300 g/mol. The van der Waals surface area contributed by atoms with Gasteiger partial charge in [-0.25, -0.2) is 0 Å². The summed E-state index contributed by atoms with van der Waals surface area (Å²) in [6.07, 6.45) is 3.46. The van der Waals surface area contributed by atoms with E-state index in [0.717, 1.165) is 11.0 Å². The van der Waals surface area contributed by atoms with Gasteiger partial charge in [0, 0.05) is 17.6 Å². The third kappa shape index (κ3) is 2.84. The van der Waals surface area contributed by atoms with E-state index in [1.54, 1.807) is 18.3 Å². The quantitative estimate of drug-likeness (QED) is 0.628. The summed E-state index contributed by atoms with van der Waals surface area (Å²) in [5, 5.41) is 12.4. The lowest BCUT2D eigenvalue weighted by Gasteiger charge is -2.31. The van der Waals surface area contributed by atoms with Crippen LogP contribution in [-0.2, 0) is 9.47 Å². The number of hydrogen-bond acceptors (Lipinski definition) is 5. The van der Waals surface area contributed by atoms with Crippen molar-refractivity contribution in [3.05, 3.63) is 51.8 Å². The van der Waals surface area contributed by atoms with Crippen molar-refractivity contribution in [1.82, 2.24) is 4.98 Å². The number of pyridine rings is 1. The SMILES string of the molecule is CC1(C)OCC(=Cc2nccc3c([N+](=O)[O-])cccc23)CO1. The van der Waals surface area contributed by atoms with E-state index in [1.165, 1.54) is 6.07 Å². The average molecular weight is 300 g/mol. The van der Waals surface area contributed by atoms with Crippen LogP contribution in [0.5, 0.6) is 0 Å². The summed E-state index contributed by atoms with van der Waals surface area (Å²) in [7, 11) is 0. The van der Waals surface area contributed by atoms with Crippen molar-refractivity contribution in [2.24, 2.45) is 0 Å². The number of benzene rings is 1. The maximum atomic E-state index is 11.1. The van der Waals surface area contributed by atoms with Crippen LogP contribution in [0.25, 0.3) is 16.8 Å². The summed E-state index contributed by atoms with van der Waals surface area (Å²) >= 11 is 0. The molecule has 114 valence electrons. The molecule has 1 aliphatic heterocycles. The van der Waals surface area contributed by atoms with Crippen LogP contribution in [0, 0.1) is 10.1 Å². The number of ether oxygens (including phenoxy) is 2. The van der Waals surface area contributed by atoms with Crippen LogP contribution in [0.1, 0.15) is 19.5 Å². The van der Waals surface area contributed by atoms with Crippen molar-refractivity contribution in [3.63, 3.8) is 0 Å². The van der Waals surface area contributed by atoms with Gasteiger partial charge in [0.1, 0.15) is 0 Å². The Bertz CT molecular complexity index is 756. The van der Waals surface area contributed by atoms with E-state index >= 15 is 0 Å². The van der Waals surface area contributed by atoms with Gasteiger partial charge in [0.15, 0.2) is 5.79 Å². The Labute approximate surface area is 127 Å². The van der Waals surface area contributed by atoms with Gasteiger partial charge < -0.3 is 9.47 Å². The van der Waals surface area contributed by atoms with Crippen molar-refractivity contribution in [3.8, 4) is 0 Å². The molecule has 0 unspecified atom stereocenters. The van der Waals surface area contributed by atoms with E-state index in [-0.39, 0.29) is 10.6 Å². The molecule has 0 radical (unpaired) electrons. The van der Waals surface area contributed by atoms with Crippen molar-refractivity contribution < 1.29 is 14.4 Å². The van der Waals surface area contributed by atoms with Crippen molar-refractivity contribution >= 4 is 22.5 Å². The Hall–Kier alpha value is -2.31. The lowest BCUT2D eigenvalue weighted by atomic mass is 10.1. The molecule has 0 saturated carbocycles. The highest BCUT2D eigenvalue weighted by Gasteiger charge is 2.25. The van der Waals surface area contributed by atoms with Crippen molar-refractivity contribution in [2.75, 3.05) is 13.2 Å². The molecule has 0 atom stereocenters. The molecule has 1 fully saturated rings. The third-order valence-electron chi connectivity index (χ3n) is 3.56. The normalized spacial score (nSPS) is 17.5. The number of nitro groups is 1. The van der Waals surface area contributed by atoms with E-state index < -0.39 is 5.79 Å². The number of nitro benzene ring substituents is 1. The Morgan fingerprint density at radius 2 is 1.95 bits per heavy atom. The van der Waals surface area contributed by atoms with Gasteiger partial charge >= 0.3 is 0 Å². The summed E-state index contributed by atoms with van der Waals surface area (Å²) in [4.78, 5) is 15.1. The Balaban J connectivity index is 2.02. The Kier molecular flexibility index (Phi) is 3.64. The minimum absolute atomic E-state index is 0.0804. The van der Waals surface area contributed by atoms with Gasteiger partial charge in [0.2, 0.25) is 0 Å². The van der Waals surface area contributed by atoms with Gasteiger partial charge in [0.05, 0.1) is 29.2 Å². The molecule has 0 aliphatic carbocycles. The Morgan fingerprint density at radius 1 is 1.23 bits per heavy atom. The smallest absolute Gasteiger partial charge is 0.277 e. The van der Waals surface area contributed by atoms with Crippen molar-refractivity contribution in [2.45, 2.75) is 19.6 Å². The molecule has 2 aromatic rings. The van der Waals surface area contributed by atoms with E-state index in [4.69, 9.17) is 9.47 Å². The van der Waals surface area contributed by atoms with Gasteiger partial charge in [-0.1, -0.05) is 12.1 Å². The third-order valence-corrected chi connectivity index (χ3v) is 3.56. The van der Waals surface area contributed by atoms with E-state index in [0.29, 0.717) is 24.3 Å². The number of rotatable bonds is 2. The van der Waals surface area contributed by atoms with Crippen LogP contribution in [0.4, 0.5) is 5.69 Å². The van der Waals surface area contributed by atoms with Crippen LogP contribution >= 0.6 is 0 Å². The first-order valence-electron chi connectivity index (χ1n) is 6.96. The molecule has 22 heavy (non-hydrogen) atoms. The lowest BCUT2D eigenvalue weighted by molar-refractivity contribution is -0.383. The first kappa shape index (κ1) is 14.6. The fourth-order valence-corrected chi connectivity index (χ4v) is 2.38. The number of fused-ring (bicyclic) bond motifs is 1. The standard InChI is InChI=1S/C16H16N2O4/c1-16(2)21-9-11(10-22-16)8-14-12-4-3-5-15(18(19)20)13(12)6-7-17-14/h3-8H,9-10H2,1-2H3. The molecule has 2 heterocycles. The summed E-state index contributed by atoms with van der Waals surface area (Å²) in [6.45, 7) is 4.65. The molecule has 1 aromatic heterocycles. The zero-order chi connectivity index (χ0) is 15.7. The van der Waals surface area contributed by atoms with E-state index in [9.17, 15) is 10.1 Å². The summed E-state index contributed by atoms with van der Waals surface area (Å²) in [5.41, 5.74) is 1.71. The summed E-state index contributed by atoms with van der Waals surface area (Å²) in [5.74, 6) is -0.581. The number of hydrogen-bond donors (Lipinski definition) is 0.